The van der Waals surface area contributed by atoms with Crippen molar-refractivity contribution in [1.29, 1.82) is 0 Å². The van der Waals surface area contributed by atoms with Gasteiger partial charge in [0.25, 0.3) is 6.02 Å². The summed E-state index contributed by atoms with van der Waals surface area (Å²) < 4.78 is 5.21. The fourth-order valence-electron chi connectivity index (χ4n) is 1.42. The van der Waals surface area contributed by atoms with E-state index in [-0.39, 0.29) is 0 Å². The van der Waals surface area contributed by atoms with Crippen LogP contribution in [0.5, 0.6) is 5.75 Å². The van der Waals surface area contributed by atoms with Crippen molar-refractivity contribution in [2.45, 2.75) is 6.42 Å². The van der Waals surface area contributed by atoms with E-state index in [0.717, 1.165) is 19.5 Å². The number of hydrogen-bond acceptors (Lipinski definition) is 4. The first-order valence-corrected chi connectivity index (χ1v) is 5.03. The summed E-state index contributed by atoms with van der Waals surface area (Å²) in [5, 5.41) is 12.2. The predicted molar refractivity (Wildman–Crippen MR) is 58.1 cm³/mol. The van der Waals surface area contributed by atoms with Gasteiger partial charge in [-0.15, -0.1) is 0 Å². The van der Waals surface area contributed by atoms with Gasteiger partial charge in [-0.25, -0.2) is 4.99 Å². The standard InChI is InChI=1S/C11H14N2O2/c14-10-3-1-9(2-4-10)5-6-12-11-13-7-8-15-11/h1-4,14H,5-8H2,(H,12,13). The number of phenolic OH excluding ortho intramolecular Hbond substituents is 1. The number of amidine groups is 1. The van der Waals surface area contributed by atoms with Gasteiger partial charge >= 0.3 is 0 Å². The van der Waals surface area contributed by atoms with Gasteiger partial charge in [-0.3, -0.25) is 0 Å². The minimum Gasteiger partial charge on any atom is -0.508 e. The maximum absolute atomic E-state index is 9.10. The summed E-state index contributed by atoms with van der Waals surface area (Å²) in [6.07, 6.45) is 0.892. The molecule has 2 rings (SSSR count). The van der Waals surface area contributed by atoms with E-state index in [1.807, 2.05) is 12.1 Å². The normalized spacial score (nSPS) is 14.5. The van der Waals surface area contributed by atoms with Crippen LogP contribution in [0.3, 0.4) is 0 Å². The summed E-state index contributed by atoms with van der Waals surface area (Å²) in [6, 6.07) is 7.86. The lowest BCUT2D eigenvalue weighted by molar-refractivity contribution is 0.332. The van der Waals surface area contributed by atoms with Crippen LogP contribution >= 0.6 is 0 Å². The second kappa shape index (κ2) is 4.68. The van der Waals surface area contributed by atoms with Crippen LogP contribution in [-0.4, -0.2) is 30.8 Å². The van der Waals surface area contributed by atoms with E-state index in [1.54, 1.807) is 12.1 Å². The minimum absolute atomic E-state index is 0.301. The first kappa shape index (κ1) is 9.83. The van der Waals surface area contributed by atoms with Crippen molar-refractivity contribution in [3.8, 4) is 5.75 Å². The monoisotopic (exact) mass is 206 g/mol. The molecule has 0 radical (unpaired) electrons. The molecular formula is C11H14N2O2. The Labute approximate surface area is 88.6 Å². The Bertz CT molecular complexity index is 346. The molecule has 4 nitrogen and oxygen atoms in total. The molecule has 0 bridgehead atoms. The molecule has 0 aliphatic carbocycles. The van der Waals surface area contributed by atoms with Crippen LogP contribution in [0.1, 0.15) is 5.56 Å². The quantitative estimate of drug-likeness (QED) is 0.773. The van der Waals surface area contributed by atoms with E-state index in [0.29, 0.717) is 18.4 Å². The number of phenols is 1. The Morgan fingerprint density at radius 2 is 2.13 bits per heavy atom. The topological polar surface area (TPSA) is 53.8 Å². The fraction of sp³-hybridized carbons (Fsp3) is 0.364. The molecule has 1 heterocycles. The lowest BCUT2D eigenvalue weighted by Gasteiger charge is -2.05. The van der Waals surface area contributed by atoms with Gasteiger partial charge in [0.15, 0.2) is 0 Å². The molecule has 80 valence electrons. The fourth-order valence-corrected chi connectivity index (χ4v) is 1.42. The molecule has 0 saturated carbocycles. The molecule has 1 aromatic rings. The van der Waals surface area contributed by atoms with Gasteiger partial charge in [0.05, 0.1) is 6.54 Å². The molecule has 0 aromatic heterocycles. The van der Waals surface area contributed by atoms with Gasteiger partial charge in [0.1, 0.15) is 12.4 Å². The van der Waals surface area contributed by atoms with E-state index in [9.17, 15) is 0 Å². The number of ether oxygens (including phenoxy) is 1. The van der Waals surface area contributed by atoms with E-state index >= 15 is 0 Å². The second-order valence-electron chi connectivity index (χ2n) is 3.38. The predicted octanol–water partition coefficient (Wildman–Crippen LogP) is 0.910. The van der Waals surface area contributed by atoms with Crippen LogP contribution < -0.4 is 5.32 Å². The first-order valence-electron chi connectivity index (χ1n) is 5.03. The van der Waals surface area contributed by atoms with E-state index in [2.05, 4.69) is 10.3 Å². The van der Waals surface area contributed by atoms with Gasteiger partial charge in [0, 0.05) is 6.54 Å². The Hall–Kier alpha value is -1.71. The highest BCUT2D eigenvalue weighted by Crippen LogP contribution is 2.09. The number of nitrogens with zero attached hydrogens (tertiary/aromatic N) is 1. The van der Waals surface area contributed by atoms with E-state index in [1.165, 1.54) is 5.56 Å². The molecule has 0 atom stereocenters. The maximum atomic E-state index is 9.10. The maximum Gasteiger partial charge on any atom is 0.284 e. The number of rotatable bonds is 3. The SMILES string of the molecule is Oc1ccc(CCNC2=NCCO2)cc1. The molecule has 1 aliphatic rings. The summed E-state index contributed by atoms with van der Waals surface area (Å²) in [7, 11) is 0. The summed E-state index contributed by atoms with van der Waals surface area (Å²) in [4.78, 5) is 4.12. The van der Waals surface area contributed by atoms with Crippen LogP contribution in [0.2, 0.25) is 0 Å². The van der Waals surface area contributed by atoms with Gasteiger partial charge in [0.2, 0.25) is 0 Å². The Balaban J connectivity index is 1.75. The Morgan fingerprint density at radius 3 is 2.80 bits per heavy atom. The largest absolute Gasteiger partial charge is 0.508 e. The average molecular weight is 206 g/mol. The summed E-state index contributed by atoms with van der Waals surface area (Å²) >= 11 is 0. The van der Waals surface area contributed by atoms with Gasteiger partial charge in [-0.2, -0.15) is 0 Å². The molecule has 4 heteroatoms. The Morgan fingerprint density at radius 1 is 1.33 bits per heavy atom. The van der Waals surface area contributed by atoms with Crippen molar-refractivity contribution in [1.82, 2.24) is 5.32 Å². The van der Waals surface area contributed by atoms with E-state index in [4.69, 9.17) is 9.84 Å². The third-order valence-electron chi connectivity index (χ3n) is 2.21. The van der Waals surface area contributed by atoms with Crippen molar-refractivity contribution in [2.24, 2.45) is 4.99 Å². The third-order valence-corrected chi connectivity index (χ3v) is 2.21. The van der Waals surface area contributed by atoms with Crippen LogP contribution in [0.4, 0.5) is 0 Å². The molecule has 0 saturated heterocycles. The van der Waals surface area contributed by atoms with Crippen LogP contribution in [0.15, 0.2) is 29.3 Å². The molecule has 15 heavy (non-hydrogen) atoms. The second-order valence-corrected chi connectivity index (χ2v) is 3.38. The molecule has 0 amide bonds. The lowest BCUT2D eigenvalue weighted by atomic mass is 10.1. The van der Waals surface area contributed by atoms with Gasteiger partial charge < -0.3 is 15.2 Å². The highest BCUT2D eigenvalue weighted by molar-refractivity contribution is 5.74. The van der Waals surface area contributed by atoms with Crippen molar-refractivity contribution < 1.29 is 9.84 Å². The third kappa shape index (κ3) is 2.87. The number of aromatic hydroxyl groups is 1. The number of benzene rings is 1. The average Bonchev–Trinajstić information content (AvgIpc) is 2.74. The van der Waals surface area contributed by atoms with Crippen molar-refractivity contribution in [3.05, 3.63) is 29.8 Å². The van der Waals surface area contributed by atoms with Crippen LogP contribution in [0.25, 0.3) is 0 Å². The summed E-state index contributed by atoms with van der Waals surface area (Å²) in [6.45, 7) is 2.23. The zero-order chi connectivity index (χ0) is 10.5. The highest BCUT2D eigenvalue weighted by Gasteiger charge is 2.05. The van der Waals surface area contributed by atoms with Crippen LogP contribution in [-0.2, 0) is 11.2 Å². The number of nitrogens with one attached hydrogen (secondary N) is 1. The van der Waals surface area contributed by atoms with Crippen molar-refractivity contribution >= 4 is 6.02 Å². The van der Waals surface area contributed by atoms with E-state index < -0.39 is 0 Å². The van der Waals surface area contributed by atoms with Crippen molar-refractivity contribution in [2.75, 3.05) is 19.7 Å². The molecule has 0 spiro atoms. The lowest BCUT2D eigenvalue weighted by Crippen LogP contribution is -2.25. The zero-order valence-corrected chi connectivity index (χ0v) is 8.44. The molecule has 0 unspecified atom stereocenters. The highest BCUT2D eigenvalue weighted by atomic mass is 16.5. The Kier molecular flexibility index (Phi) is 3.07. The molecule has 1 aromatic carbocycles. The molecular weight excluding hydrogens is 192 g/mol. The summed E-state index contributed by atoms with van der Waals surface area (Å²) in [5.74, 6) is 0.301. The first-order chi connectivity index (χ1) is 7.34. The van der Waals surface area contributed by atoms with Gasteiger partial charge in [-0.05, 0) is 24.1 Å². The zero-order valence-electron chi connectivity index (χ0n) is 8.44. The number of aliphatic imine (C=N–C) groups is 1. The molecule has 0 fully saturated rings. The molecule has 1 aliphatic heterocycles. The summed E-state index contributed by atoms with van der Waals surface area (Å²) in [5.41, 5.74) is 1.18. The van der Waals surface area contributed by atoms with Crippen LogP contribution in [0, 0.1) is 0 Å². The van der Waals surface area contributed by atoms with Crippen molar-refractivity contribution in [3.63, 3.8) is 0 Å². The van der Waals surface area contributed by atoms with Gasteiger partial charge in [-0.1, -0.05) is 12.1 Å². The number of hydrogen-bond donors (Lipinski definition) is 2. The minimum atomic E-state index is 0.301. The smallest absolute Gasteiger partial charge is 0.284 e. The molecule has 2 N–H and O–H groups in total.